The van der Waals surface area contributed by atoms with Gasteiger partial charge in [-0.15, -0.1) is 0 Å². The number of nitrogens with zero attached hydrogens (tertiary/aromatic N) is 1. The van der Waals surface area contributed by atoms with E-state index in [2.05, 4.69) is 20.9 Å². The average molecular weight is 446 g/mol. The number of carbonyl (C=O) groups excluding carboxylic acids is 4. The summed E-state index contributed by atoms with van der Waals surface area (Å²) in [5, 5.41) is 25.2. The van der Waals surface area contributed by atoms with Gasteiger partial charge in [0.2, 0.25) is 23.6 Å². The number of hydrogen-bond donors (Lipinski definition) is 9. The van der Waals surface area contributed by atoms with Crippen molar-refractivity contribution in [2.75, 3.05) is 13.1 Å². The number of aliphatic imine (C=N–C) groups is 1. The van der Waals surface area contributed by atoms with Gasteiger partial charge in [0.25, 0.3) is 0 Å². The van der Waals surface area contributed by atoms with E-state index < -0.39 is 66.8 Å². The minimum atomic E-state index is -1.51. The molecular formula is C16H30N8O7. The Balaban J connectivity index is 5.25. The first-order valence-corrected chi connectivity index (χ1v) is 9.22. The van der Waals surface area contributed by atoms with E-state index in [0.29, 0.717) is 0 Å². The molecule has 0 aliphatic carbocycles. The maximum atomic E-state index is 12.6. The van der Waals surface area contributed by atoms with Crippen LogP contribution >= 0.6 is 0 Å². The number of nitrogens with one attached hydrogen (secondary N) is 3. The van der Waals surface area contributed by atoms with Crippen molar-refractivity contribution in [2.24, 2.45) is 27.9 Å². The van der Waals surface area contributed by atoms with Crippen LogP contribution in [0.4, 0.5) is 0 Å². The van der Waals surface area contributed by atoms with Crippen LogP contribution in [0.15, 0.2) is 4.99 Å². The zero-order chi connectivity index (χ0) is 24.1. The summed E-state index contributed by atoms with van der Waals surface area (Å²) in [6.07, 6.45) is -1.60. The molecule has 4 amide bonds. The van der Waals surface area contributed by atoms with Crippen LogP contribution in [0.3, 0.4) is 0 Å². The van der Waals surface area contributed by atoms with Gasteiger partial charge in [-0.25, -0.2) is 0 Å². The second-order valence-corrected chi connectivity index (χ2v) is 6.63. The summed E-state index contributed by atoms with van der Waals surface area (Å²) in [4.78, 5) is 62.2. The zero-order valence-electron chi connectivity index (χ0n) is 17.0. The maximum absolute atomic E-state index is 12.6. The number of carboxylic acids is 1. The minimum absolute atomic E-state index is 0.0234. The number of amides is 4. The van der Waals surface area contributed by atoms with E-state index in [1.807, 2.05) is 0 Å². The van der Waals surface area contributed by atoms with Gasteiger partial charge in [-0.05, 0) is 19.8 Å². The molecule has 0 aromatic heterocycles. The summed E-state index contributed by atoms with van der Waals surface area (Å²) >= 11 is 0. The summed E-state index contributed by atoms with van der Waals surface area (Å²) in [5.74, 6) is -4.96. The SMILES string of the molecule is CC(O)C(NC(=O)C(N)CC(N)=O)C(=O)NC(CCCN=C(N)N)C(=O)NCC(=O)O. The van der Waals surface area contributed by atoms with E-state index in [1.54, 1.807) is 0 Å². The van der Waals surface area contributed by atoms with E-state index >= 15 is 0 Å². The van der Waals surface area contributed by atoms with Crippen LogP contribution in [0.25, 0.3) is 0 Å². The predicted molar refractivity (Wildman–Crippen MR) is 108 cm³/mol. The molecule has 4 unspecified atom stereocenters. The number of primary amides is 1. The van der Waals surface area contributed by atoms with Gasteiger partial charge >= 0.3 is 5.97 Å². The Morgan fingerprint density at radius 1 is 1.00 bits per heavy atom. The lowest BCUT2D eigenvalue weighted by molar-refractivity contribution is -0.138. The molecule has 0 aliphatic heterocycles. The molecule has 0 heterocycles. The smallest absolute Gasteiger partial charge is 0.322 e. The monoisotopic (exact) mass is 446 g/mol. The predicted octanol–water partition coefficient (Wildman–Crippen LogP) is -5.21. The first-order valence-electron chi connectivity index (χ1n) is 9.22. The Bertz CT molecular complexity index is 693. The van der Waals surface area contributed by atoms with Gasteiger partial charge in [-0.1, -0.05) is 0 Å². The first-order chi connectivity index (χ1) is 14.3. The first kappa shape index (κ1) is 27.5. The number of aliphatic carboxylic acids is 1. The highest BCUT2D eigenvalue weighted by Gasteiger charge is 2.31. The summed E-state index contributed by atoms with van der Waals surface area (Å²) < 4.78 is 0. The number of nitrogens with two attached hydrogens (primary N) is 4. The van der Waals surface area contributed by atoms with Gasteiger partial charge in [0.1, 0.15) is 18.6 Å². The van der Waals surface area contributed by atoms with Crippen LogP contribution in [0.2, 0.25) is 0 Å². The lowest BCUT2D eigenvalue weighted by Crippen LogP contribution is -2.59. The third kappa shape index (κ3) is 12.0. The molecule has 0 aromatic rings. The van der Waals surface area contributed by atoms with Crippen LogP contribution in [0.1, 0.15) is 26.2 Å². The molecule has 15 nitrogen and oxygen atoms in total. The molecule has 31 heavy (non-hydrogen) atoms. The van der Waals surface area contributed by atoms with Crippen LogP contribution in [0, 0.1) is 0 Å². The number of aliphatic hydroxyl groups excluding tert-OH is 1. The highest BCUT2D eigenvalue weighted by Crippen LogP contribution is 2.02. The highest BCUT2D eigenvalue weighted by atomic mass is 16.4. The molecule has 15 heteroatoms. The summed E-state index contributed by atoms with van der Waals surface area (Å²) in [7, 11) is 0. The maximum Gasteiger partial charge on any atom is 0.322 e. The second-order valence-electron chi connectivity index (χ2n) is 6.63. The topological polar surface area (TPSA) is 278 Å². The molecule has 0 aromatic carbocycles. The molecule has 0 bridgehead atoms. The summed E-state index contributed by atoms with van der Waals surface area (Å²) in [6, 6.07) is -4.07. The number of carboxylic acid groups (broad SMARTS) is 1. The molecular weight excluding hydrogens is 416 g/mol. The number of aliphatic hydroxyl groups is 1. The molecule has 4 atom stereocenters. The van der Waals surface area contributed by atoms with Crippen molar-refractivity contribution in [3.05, 3.63) is 0 Å². The van der Waals surface area contributed by atoms with Crippen molar-refractivity contribution in [3.63, 3.8) is 0 Å². The van der Waals surface area contributed by atoms with E-state index in [-0.39, 0.29) is 25.3 Å². The van der Waals surface area contributed by atoms with Gasteiger partial charge < -0.3 is 49.1 Å². The Morgan fingerprint density at radius 3 is 2.10 bits per heavy atom. The molecule has 0 saturated carbocycles. The number of rotatable bonds is 14. The van der Waals surface area contributed by atoms with Gasteiger partial charge in [-0.2, -0.15) is 0 Å². The number of carbonyl (C=O) groups is 5. The molecule has 0 radical (unpaired) electrons. The van der Waals surface area contributed by atoms with E-state index in [4.69, 9.17) is 28.0 Å². The Morgan fingerprint density at radius 2 is 1.61 bits per heavy atom. The van der Waals surface area contributed by atoms with Crippen molar-refractivity contribution >= 4 is 35.6 Å². The van der Waals surface area contributed by atoms with Crippen LogP contribution in [0.5, 0.6) is 0 Å². The van der Waals surface area contributed by atoms with Crippen molar-refractivity contribution in [1.29, 1.82) is 0 Å². The molecule has 13 N–H and O–H groups in total. The van der Waals surface area contributed by atoms with Crippen LogP contribution in [-0.2, 0) is 24.0 Å². The van der Waals surface area contributed by atoms with E-state index in [1.165, 1.54) is 6.92 Å². The summed E-state index contributed by atoms with van der Waals surface area (Å²) in [5.41, 5.74) is 20.9. The minimum Gasteiger partial charge on any atom is -0.480 e. The van der Waals surface area contributed by atoms with Crippen molar-refractivity contribution in [3.8, 4) is 0 Å². The van der Waals surface area contributed by atoms with Crippen molar-refractivity contribution < 1.29 is 34.2 Å². The van der Waals surface area contributed by atoms with Crippen molar-refractivity contribution in [2.45, 2.75) is 50.4 Å². The number of hydrogen-bond acceptors (Lipinski definition) is 8. The lowest BCUT2D eigenvalue weighted by atomic mass is 10.1. The molecule has 0 aliphatic rings. The third-order valence-electron chi connectivity index (χ3n) is 3.81. The Hall–Kier alpha value is -3.46. The molecule has 0 saturated heterocycles. The van der Waals surface area contributed by atoms with Crippen molar-refractivity contribution in [1.82, 2.24) is 16.0 Å². The van der Waals surface area contributed by atoms with Gasteiger partial charge in [0, 0.05) is 6.54 Å². The van der Waals surface area contributed by atoms with Gasteiger partial charge in [-0.3, -0.25) is 29.0 Å². The molecule has 0 fully saturated rings. The normalized spacial score (nSPS) is 14.3. The largest absolute Gasteiger partial charge is 0.480 e. The Labute approximate surface area is 178 Å². The third-order valence-corrected chi connectivity index (χ3v) is 3.81. The second kappa shape index (κ2) is 13.7. The average Bonchev–Trinajstić information content (AvgIpc) is 2.64. The number of guanidine groups is 1. The lowest BCUT2D eigenvalue weighted by Gasteiger charge is -2.25. The fourth-order valence-corrected chi connectivity index (χ4v) is 2.29. The van der Waals surface area contributed by atoms with Gasteiger partial charge in [0.15, 0.2) is 5.96 Å². The standard InChI is InChI=1S/C16H30N8O7/c1-7(25)12(24-13(29)8(17)5-10(18)26)15(31)23-9(3-2-4-21-16(19)20)14(30)22-6-11(27)28/h7-9,12,25H,2-6,17H2,1H3,(H2,18,26)(H,22,30)(H,23,31)(H,24,29)(H,27,28)(H4,19,20,21). The van der Waals surface area contributed by atoms with Crippen LogP contribution < -0.4 is 38.9 Å². The Kier molecular flexibility index (Phi) is 12.2. The molecule has 0 rings (SSSR count). The van der Waals surface area contributed by atoms with E-state index in [9.17, 15) is 29.1 Å². The fourth-order valence-electron chi connectivity index (χ4n) is 2.29. The molecule has 0 spiro atoms. The quantitative estimate of drug-likeness (QED) is 0.0694. The molecule has 176 valence electrons. The highest BCUT2D eigenvalue weighted by molar-refractivity contribution is 5.95. The van der Waals surface area contributed by atoms with Gasteiger partial charge in [0.05, 0.1) is 18.6 Å². The zero-order valence-corrected chi connectivity index (χ0v) is 17.0. The van der Waals surface area contributed by atoms with E-state index in [0.717, 1.165) is 0 Å². The summed E-state index contributed by atoms with van der Waals surface area (Å²) in [6.45, 7) is 0.666. The van der Waals surface area contributed by atoms with Crippen LogP contribution in [-0.4, -0.2) is 83.1 Å². The fraction of sp³-hybridized carbons (Fsp3) is 0.625.